The number of likely N-dealkylation sites (tertiary alicyclic amines) is 1. The van der Waals surface area contributed by atoms with Crippen LogP contribution in [0, 0.1) is 0 Å². The lowest BCUT2D eigenvalue weighted by molar-refractivity contribution is 0.0938. The van der Waals surface area contributed by atoms with Crippen LogP contribution >= 0.6 is 0 Å². The maximum Gasteiger partial charge on any atom is 0.332 e. The Hall–Kier alpha value is -1.51. The summed E-state index contributed by atoms with van der Waals surface area (Å²) in [6, 6.07) is 5.02. The van der Waals surface area contributed by atoms with E-state index in [9.17, 15) is 17.1 Å². The zero-order valence-electron chi connectivity index (χ0n) is 11.9. The molecule has 1 atom stereocenters. The number of hydrogen-bond donors (Lipinski definition) is 2. The van der Waals surface area contributed by atoms with Gasteiger partial charge in [-0.1, -0.05) is 6.07 Å². The Morgan fingerprint density at radius 3 is 2.62 bits per heavy atom. The van der Waals surface area contributed by atoms with Crippen LogP contribution in [-0.2, 0) is 10.2 Å². The molecule has 21 heavy (non-hydrogen) atoms. The fourth-order valence-corrected chi connectivity index (χ4v) is 2.62. The summed E-state index contributed by atoms with van der Waals surface area (Å²) in [4.78, 5) is 13.5. The molecule has 0 aliphatic carbocycles. The molecule has 1 aromatic carbocycles. The summed E-state index contributed by atoms with van der Waals surface area (Å²) in [5.41, 5.74) is 0.147. The molecule has 1 aromatic rings. The Bertz CT molecular complexity index is 592. The second-order valence-electron chi connectivity index (χ2n) is 4.69. The number of halogens is 1. The minimum atomic E-state index is -4.78. The number of carbonyl (C=O) groups is 1. The van der Waals surface area contributed by atoms with Gasteiger partial charge in [-0.05, 0) is 38.2 Å². The molecule has 2 N–H and O–H groups in total. The van der Waals surface area contributed by atoms with Crippen molar-refractivity contribution in [2.75, 3.05) is 27.2 Å². The second-order valence-corrected chi connectivity index (χ2v) is 6.03. The van der Waals surface area contributed by atoms with Crippen molar-refractivity contribution in [3.63, 3.8) is 0 Å². The Morgan fingerprint density at radius 1 is 1.43 bits per heavy atom. The van der Waals surface area contributed by atoms with E-state index in [-0.39, 0.29) is 17.5 Å². The monoisotopic (exact) mass is 318 g/mol. The lowest BCUT2D eigenvalue weighted by atomic mass is 10.2. The Morgan fingerprint density at radius 2 is 2.10 bits per heavy atom. The van der Waals surface area contributed by atoms with Crippen LogP contribution in [0.1, 0.15) is 16.8 Å². The van der Waals surface area contributed by atoms with Gasteiger partial charge in [0, 0.05) is 25.3 Å². The van der Waals surface area contributed by atoms with E-state index < -0.39 is 15.1 Å². The lowest BCUT2D eigenvalue weighted by Crippen LogP contribution is -2.36. The quantitative estimate of drug-likeness (QED) is 0.787. The largest absolute Gasteiger partial charge is 0.400 e. The summed E-state index contributed by atoms with van der Waals surface area (Å²) in [5, 5.41) is 9.81. The standard InChI is InChI=1S/C12H15FN2O3S.CH4O/c1-15-6-5-10(8-15)14-12(16)9-3-2-4-11(7-9)19(13,17)18;1-2/h2-4,7,10H,5-6,8H2,1H3,(H,14,16);2H,1H3. The fraction of sp³-hybridized carbons (Fsp3) is 0.462. The summed E-state index contributed by atoms with van der Waals surface area (Å²) in [6.07, 6.45) is 0.851. The predicted octanol–water partition coefficient (Wildman–Crippen LogP) is 0.387. The van der Waals surface area contributed by atoms with E-state index >= 15 is 0 Å². The zero-order valence-corrected chi connectivity index (χ0v) is 12.7. The molecule has 0 spiro atoms. The predicted molar refractivity (Wildman–Crippen MR) is 76.2 cm³/mol. The van der Waals surface area contributed by atoms with Gasteiger partial charge in [0.15, 0.2) is 0 Å². The van der Waals surface area contributed by atoms with E-state index in [1.54, 1.807) is 0 Å². The van der Waals surface area contributed by atoms with E-state index in [1.165, 1.54) is 12.1 Å². The number of rotatable bonds is 3. The minimum Gasteiger partial charge on any atom is -0.400 e. The highest BCUT2D eigenvalue weighted by molar-refractivity contribution is 7.86. The normalized spacial score (nSPS) is 18.8. The number of nitrogens with zero attached hydrogens (tertiary/aromatic N) is 1. The van der Waals surface area contributed by atoms with E-state index in [1.807, 2.05) is 7.05 Å². The van der Waals surface area contributed by atoms with Crippen molar-refractivity contribution < 1.29 is 22.2 Å². The number of aliphatic hydroxyl groups excluding tert-OH is 1. The topological polar surface area (TPSA) is 86.7 Å². The smallest absolute Gasteiger partial charge is 0.332 e. The SMILES string of the molecule is CN1CCC(NC(=O)c2cccc(S(=O)(=O)F)c2)C1.CO. The molecule has 1 aliphatic rings. The maximum absolute atomic E-state index is 12.9. The van der Waals surface area contributed by atoms with E-state index in [4.69, 9.17) is 5.11 Å². The summed E-state index contributed by atoms with van der Waals surface area (Å²) in [6.45, 7) is 1.66. The van der Waals surface area contributed by atoms with Crippen LogP contribution < -0.4 is 5.32 Å². The fourth-order valence-electron chi connectivity index (χ4n) is 2.11. The molecule has 0 saturated carbocycles. The van der Waals surface area contributed by atoms with Gasteiger partial charge in [0.1, 0.15) is 0 Å². The van der Waals surface area contributed by atoms with E-state index in [2.05, 4.69) is 10.2 Å². The van der Waals surface area contributed by atoms with Crippen LogP contribution in [-0.4, -0.2) is 57.6 Å². The minimum absolute atomic E-state index is 0.0446. The zero-order chi connectivity index (χ0) is 16.0. The number of aliphatic hydroxyl groups is 1. The van der Waals surface area contributed by atoms with Crippen molar-refractivity contribution in [2.24, 2.45) is 0 Å². The molecule has 6 nitrogen and oxygen atoms in total. The molecule has 1 amide bonds. The van der Waals surface area contributed by atoms with Gasteiger partial charge in [0.2, 0.25) is 0 Å². The van der Waals surface area contributed by atoms with E-state index in [0.717, 1.165) is 38.8 Å². The van der Waals surface area contributed by atoms with Crippen molar-refractivity contribution in [3.8, 4) is 0 Å². The molecule has 0 aromatic heterocycles. The highest BCUT2D eigenvalue weighted by atomic mass is 32.3. The van der Waals surface area contributed by atoms with Crippen LogP contribution in [0.3, 0.4) is 0 Å². The van der Waals surface area contributed by atoms with Gasteiger partial charge in [0.05, 0.1) is 4.90 Å². The highest BCUT2D eigenvalue weighted by Gasteiger charge is 2.22. The third kappa shape index (κ3) is 5.07. The molecule has 0 bridgehead atoms. The second kappa shape index (κ2) is 7.48. The molecule has 1 heterocycles. The number of benzene rings is 1. The first kappa shape index (κ1) is 17.5. The van der Waals surface area contributed by atoms with Crippen LogP contribution in [0.5, 0.6) is 0 Å². The van der Waals surface area contributed by atoms with Crippen LogP contribution in [0.15, 0.2) is 29.2 Å². The van der Waals surface area contributed by atoms with Crippen LogP contribution in [0.2, 0.25) is 0 Å². The van der Waals surface area contributed by atoms with Gasteiger partial charge in [-0.3, -0.25) is 4.79 Å². The average molecular weight is 318 g/mol. The maximum atomic E-state index is 12.9. The first-order chi connectivity index (χ1) is 9.86. The van der Waals surface area contributed by atoms with Gasteiger partial charge in [0.25, 0.3) is 5.91 Å². The van der Waals surface area contributed by atoms with Crippen molar-refractivity contribution >= 4 is 16.1 Å². The molecule has 8 heteroatoms. The molecule has 118 valence electrons. The number of amides is 1. The van der Waals surface area contributed by atoms with Gasteiger partial charge >= 0.3 is 10.2 Å². The van der Waals surface area contributed by atoms with E-state index in [0.29, 0.717) is 0 Å². The molecule has 1 aliphatic heterocycles. The van der Waals surface area contributed by atoms with Crippen LogP contribution in [0.4, 0.5) is 3.89 Å². The lowest BCUT2D eigenvalue weighted by Gasteiger charge is -2.13. The third-order valence-corrected chi connectivity index (χ3v) is 3.92. The van der Waals surface area contributed by atoms with Gasteiger partial charge in [-0.2, -0.15) is 8.42 Å². The first-order valence-corrected chi connectivity index (χ1v) is 7.73. The molecule has 2 rings (SSSR count). The summed E-state index contributed by atoms with van der Waals surface area (Å²) in [7, 11) is -1.82. The summed E-state index contributed by atoms with van der Waals surface area (Å²) >= 11 is 0. The van der Waals surface area contributed by atoms with Gasteiger partial charge in [-0.25, -0.2) is 0 Å². The molecular weight excluding hydrogens is 299 g/mol. The number of likely N-dealkylation sites (N-methyl/N-ethyl adjacent to an activating group) is 1. The summed E-state index contributed by atoms with van der Waals surface area (Å²) < 4.78 is 34.4. The van der Waals surface area contributed by atoms with Crippen molar-refractivity contribution in [2.45, 2.75) is 17.4 Å². The van der Waals surface area contributed by atoms with Crippen molar-refractivity contribution in [3.05, 3.63) is 29.8 Å². The highest BCUT2D eigenvalue weighted by Crippen LogP contribution is 2.14. The average Bonchev–Trinajstić information content (AvgIpc) is 2.85. The Labute approximate surface area is 123 Å². The van der Waals surface area contributed by atoms with Crippen LogP contribution in [0.25, 0.3) is 0 Å². The number of hydrogen-bond acceptors (Lipinski definition) is 5. The van der Waals surface area contributed by atoms with Crippen molar-refractivity contribution in [1.29, 1.82) is 0 Å². The molecule has 0 radical (unpaired) electrons. The molecule has 1 saturated heterocycles. The number of nitrogens with one attached hydrogen (secondary N) is 1. The molecule has 1 unspecified atom stereocenters. The van der Waals surface area contributed by atoms with Crippen molar-refractivity contribution in [1.82, 2.24) is 10.2 Å². The number of carbonyl (C=O) groups excluding carboxylic acids is 1. The third-order valence-electron chi connectivity index (χ3n) is 3.10. The van der Waals surface area contributed by atoms with Gasteiger partial charge < -0.3 is 15.3 Å². The van der Waals surface area contributed by atoms with Gasteiger partial charge in [-0.15, -0.1) is 3.89 Å². The Kier molecular flexibility index (Phi) is 6.25. The molecule has 1 fully saturated rings. The Balaban J connectivity index is 0.00000106. The summed E-state index contributed by atoms with van der Waals surface area (Å²) in [5.74, 6) is -0.384. The first-order valence-electron chi connectivity index (χ1n) is 6.35. The molecular formula is C13H19FN2O4S.